The molecule has 1 saturated heterocycles. The highest BCUT2D eigenvalue weighted by Gasteiger charge is 2.55. The van der Waals surface area contributed by atoms with E-state index in [0.717, 1.165) is 0 Å². The Hall–Kier alpha value is -1.10. The van der Waals surface area contributed by atoms with Crippen LogP contribution in [0.3, 0.4) is 0 Å². The Kier molecular flexibility index (Phi) is 4.14. The maximum absolute atomic E-state index is 10.7. The zero-order chi connectivity index (χ0) is 13.2. The Morgan fingerprint density at radius 2 is 1.94 bits per heavy atom. The van der Waals surface area contributed by atoms with Crippen LogP contribution in [0.15, 0.2) is 0 Å². The Labute approximate surface area is 94.8 Å². The van der Waals surface area contributed by atoms with Gasteiger partial charge in [0, 0.05) is 0 Å². The Balaban J connectivity index is 2.90. The second-order valence-electron chi connectivity index (χ2n) is 3.43. The van der Waals surface area contributed by atoms with Crippen molar-refractivity contribution in [3.8, 4) is 0 Å². The number of hydrogen-bond acceptors (Lipinski definition) is 9. The van der Waals surface area contributed by atoms with Crippen molar-refractivity contribution in [3.63, 3.8) is 0 Å². The van der Waals surface area contributed by atoms with Crippen LogP contribution < -0.4 is 0 Å². The summed E-state index contributed by atoms with van der Waals surface area (Å²) in [5.41, 5.74) is 0. The van der Waals surface area contributed by atoms with Gasteiger partial charge in [-0.2, -0.15) is 0 Å². The summed E-state index contributed by atoms with van der Waals surface area (Å²) >= 11 is 0. The summed E-state index contributed by atoms with van der Waals surface area (Å²) < 4.78 is 8.62. The summed E-state index contributed by atoms with van der Waals surface area (Å²) in [6.45, 7) is -0.814. The van der Waals surface area contributed by atoms with E-state index in [1.165, 1.54) is 0 Å². The molecule has 0 saturated carbocycles. The van der Waals surface area contributed by atoms with Crippen molar-refractivity contribution in [2.45, 2.75) is 30.4 Å². The first-order valence-electron chi connectivity index (χ1n) is 4.59. The van der Waals surface area contributed by atoms with E-state index in [4.69, 9.17) is 5.11 Å². The van der Waals surface area contributed by atoms with Crippen molar-refractivity contribution in [2.24, 2.45) is 0 Å². The van der Waals surface area contributed by atoms with Gasteiger partial charge in [-0.3, -0.25) is 4.79 Å². The quantitative estimate of drug-likeness (QED) is 0.146. The van der Waals surface area contributed by atoms with Crippen molar-refractivity contribution < 1.29 is 44.6 Å². The lowest BCUT2D eigenvalue weighted by atomic mass is 9.98. The average Bonchev–Trinajstić information content (AvgIpc) is 2.31. The molecule has 0 aromatic carbocycles. The molecule has 0 bridgehead atoms. The molecule has 0 amide bonds. The number of carbonyl (C=O) groups excluding carboxylic acids is 2. The third-order valence-corrected chi connectivity index (χ3v) is 2.27. The number of ether oxygens (including phenoxy) is 2. The fraction of sp³-hybridized carbons (Fsp3) is 0.750. The number of esters is 1. The lowest BCUT2D eigenvalue weighted by molar-refractivity contribution is -0.433. The molecule has 1 fully saturated rings. The standard InChI is InChI=1S/C8H12O9/c9-1-3-5(12)6(13)7(14)8(15,16-3)17-4(11)2-10/h2-3,5-7,9,12-15H,1H2/t3-,5-,6+,7-,8?/m1/s1. The third kappa shape index (κ3) is 2.60. The van der Waals surface area contributed by atoms with Crippen LogP contribution in [0.5, 0.6) is 0 Å². The Morgan fingerprint density at radius 1 is 1.35 bits per heavy atom. The van der Waals surface area contributed by atoms with Gasteiger partial charge in [-0.05, 0) is 0 Å². The molecule has 5 atom stereocenters. The van der Waals surface area contributed by atoms with Gasteiger partial charge in [-0.25, -0.2) is 4.79 Å². The minimum Gasteiger partial charge on any atom is -0.400 e. The zero-order valence-corrected chi connectivity index (χ0v) is 8.46. The monoisotopic (exact) mass is 252 g/mol. The summed E-state index contributed by atoms with van der Waals surface area (Å²) in [5, 5.41) is 46.4. The molecule has 1 rings (SSSR count). The van der Waals surface area contributed by atoms with Gasteiger partial charge in [0.1, 0.15) is 18.3 Å². The van der Waals surface area contributed by atoms with E-state index < -0.39 is 43.0 Å². The van der Waals surface area contributed by atoms with Gasteiger partial charge in [0.15, 0.2) is 6.10 Å². The molecule has 5 N–H and O–H groups in total. The minimum atomic E-state index is -3.01. The molecule has 1 aliphatic rings. The minimum absolute atomic E-state index is 0.292. The smallest absolute Gasteiger partial charge is 0.375 e. The van der Waals surface area contributed by atoms with Gasteiger partial charge in [-0.1, -0.05) is 0 Å². The molecule has 0 spiro atoms. The third-order valence-electron chi connectivity index (χ3n) is 2.27. The summed E-state index contributed by atoms with van der Waals surface area (Å²) in [5.74, 6) is -4.56. The molecule has 9 nitrogen and oxygen atoms in total. The van der Waals surface area contributed by atoms with Crippen LogP contribution in [0, 0.1) is 0 Å². The van der Waals surface area contributed by atoms with Crippen molar-refractivity contribution in [3.05, 3.63) is 0 Å². The van der Waals surface area contributed by atoms with Gasteiger partial charge < -0.3 is 35.0 Å². The first-order valence-corrected chi connectivity index (χ1v) is 4.59. The molecule has 0 aromatic heterocycles. The average molecular weight is 252 g/mol. The maximum Gasteiger partial charge on any atom is 0.375 e. The normalized spacial score (nSPS) is 41.9. The van der Waals surface area contributed by atoms with E-state index in [1.807, 2.05) is 0 Å². The lowest BCUT2D eigenvalue weighted by Gasteiger charge is -2.43. The van der Waals surface area contributed by atoms with Gasteiger partial charge in [-0.15, -0.1) is 0 Å². The molecule has 98 valence electrons. The molecule has 1 aliphatic heterocycles. The number of carbonyl (C=O) groups is 2. The van der Waals surface area contributed by atoms with E-state index in [2.05, 4.69) is 9.47 Å². The molecule has 0 aliphatic carbocycles. The zero-order valence-electron chi connectivity index (χ0n) is 8.46. The van der Waals surface area contributed by atoms with Gasteiger partial charge in [0.05, 0.1) is 6.61 Å². The van der Waals surface area contributed by atoms with E-state index >= 15 is 0 Å². The summed E-state index contributed by atoms with van der Waals surface area (Å²) in [4.78, 5) is 20.7. The SMILES string of the molecule is O=CC(=O)OC1(O)O[C@H](CO)[C@@H](O)[C@H](O)[C@H]1O. The highest BCUT2D eigenvalue weighted by Crippen LogP contribution is 2.29. The maximum atomic E-state index is 10.7. The molecule has 9 heteroatoms. The van der Waals surface area contributed by atoms with Crippen LogP contribution in [0.1, 0.15) is 0 Å². The van der Waals surface area contributed by atoms with Crippen LogP contribution in [0.2, 0.25) is 0 Å². The number of hydrogen-bond donors (Lipinski definition) is 5. The van der Waals surface area contributed by atoms with E-state index in [9.17, 15) is 30.0 Å². The van der Waals surface area contributed by atoms with Crippen LogP contribution in [0.25, 0.3) is 0 Å². The predicted octanol–water partition coefficient (Wildman–Crippen LogP) is -4.15. The molecule has 0 aromatic rings. The first-order chi connectivity index (χ1) is 7.85. The van der Waals surface area contributed by atoms with E-state index in [1.54, 1.807) is 0 Å². The Bertz CT molecular complexity index is 303. The molecule has 0 radical (unpaired) electrons. The predicted molar refractivity (Wildman–Crippen MR) is 47.1 cm³/mol. The fourth-order valence-corrected chi connectivity index (χ4v) is 1.38. The van der Waals surface area contributed by atoms with E-state index in [-0.39, 0.29) is 6.29 Å². The Morgan fingerprint density at radius 3 is 2.41 bits per heavy atom. The van der Waals surface area contributed by atoms with Gasteiger partial charge in [0.25, 0.3) is 0 Å². The first kappa shape index (κ1) is 14.0. The van der Waals surface area contributed by atoms with Crippen LogP contribution in [-0.2, 0) is 19.1 Å². The van der Waals surface area contributed by atoms with Crippen molar-refractivity contribution in [2.75, 3.05) is 6.61 Å². The van der Waals surface area contributed by atoms with Gasteiger partial charge >= 0.3 is 11.9 Å². The van der Waals surface area contributed by atoms with Crippen LogP contribution >= 0.6 is 0 Å². The highest BCUT2D eigenvalue weighted by molar-refractivity contribution is 6.20. The second kappa shape index (κ2) is 5.04. The molecule has 1 heterocycles. The summed E-state index contributed by atoms with van der Waals surface area (Å²) in [6, 6.07) is 0. The van der Waals surface area contributed by atoms with Crippen LogP contribution in [-0.4, -0.2) is 74.8 Å². The number of aldehydes is 1. The second-order valence-corrected chi connectivity index (χ2v) is 3.43. The number of aliphatic hydroxyl groups is 5. The van der Waals surface area contributed by atoms with Crippen LogP contribution in [0.4, 0.5) is 0 Å². The summed E-state index contributed by atoms with van der Waals surface area (Å²) in [7, 11) is 0. The van der Waals surface area contributed by atoms with Gasteiger partial charge in [0.2, 0.25) is 6.29 Å². The lowest BCUT2D eigenvalue weighted by Crippen LogP contribution is -2.66. The summed E-state index contributed by atoms with van der Waals surface area (Å²) in [6.07, 6.45) is -7.59. The van der Waals surface area contributed by atoms with Crippen molar-refractivity contribution in [1.29, 1.82) is 0 Å². The highest BCUT2D eigenvalue weighted by atomic mass is 16.8. The van der Waals surface area contributed by atoms with E-state index in [0.29, 0.717) is 0 Å². The van der Waals surface area contributed by atoms with Crippen molar-refractivity contribution in [1.82, 2.24) is 0 Å². The largest absolute Gasteiger partial charge is 0.400 e. The fourth-order valence-electron chi connectivity index (χ4n) is 1.38. The topological polar surface area (TPSA) is 154 Å². The molecule has 1 unspecified atom stereocenters. The number of rotatable bonds is 3. The molecule has 17 heavy (non-hydrogen) atoms. The molecular weight excluding hydrogens is 240 g/mol. The molecular formula is C8H12O9. The number of aliphatic hydroxyl groups excluding tert-OH is 4. The van der Waals surface area contributed by atoms with Crippen molar-refractivity contribution >= 4 is 12.3 Å².